The molecule has 2 aromatic carbocycles. The third-order valence-electron chi connectivity index (χ3n) is 3.60. The first-order chi connectivity index (χ1) is 12.2. The lowest BCUT2D eigenvalue weighted by molar-refractivity contribution is -0.136. The summed E-state index contributed by atoms with van der Waals surface area (Å²) in [4.78, 5) is 19.4. The standard InChI is InChI=1S/C19H17N3O3/c1-25-17-8-3-2-7-15(17)16-11-18(21-12-20-16)22-14-6-4-5-13(9-14)10-19(23)24/h2-9,11-12H,10H2,1H3,(H,23,24)(H,20,21,22). The zero-order valence-corrected chi connectivity index (χ0v) is 13.6. The molecule has 0 saturated heterocycles. The second kappa shape index (κ2) is 7.44. The minimum absolute atomic E-state index is 0.0221. The number of carboxylic acid groups (broad SMARTS) is 1. The van der Waals surface area contributed by atoms with Crippen molar-refractivity contribution in [2.75, 3.05) is 12.4 Å². The quantitative estimate of drug-likeness (QED) is 0.717. The third kappa shape index (κ3) is 4.11. The molecule has 1 heterocycles. The number of ether oxygens (including phenoxy) is 1. The normalized spacial score (nSPS) is 10.3. The van der Waals surface area contributed by atoms with Gasteiger partial charge in [-0.05, 0) is 29.8 Å². The molecule has 0 unspecified atom stereocenters. The van der Waals surface area contributed by atoms with E-state index in [9.17, 15) is 4.79 Å². The predicted molar refractivity (Wildman–Crippen MR) is 95.1 cm³/mol. The Morgan fingerprint density at radius 1 is 1.12 bits per heavy atom. The number of nitrogens with one attached hydrogen (secondary N) is 1. The summed E-state index contributed by atoms with van der Waals surface area (Å²) >= 11 is 0. The smallest absolute Gasteiger partial charge is 0.307 e. The van der Waals surface area contributed by atoms with E-state index in [2.05, 4.69) is 15.3 Å². The second-order valence-corrected chi connectivity index (χ2v) is 5.38. The lowest BCUT2D eigenvalue weighted by Crippen LogP contribution is -2.01. The first-order valence-electron chi connectivity index (χ1n) is 7.69. The number of benzene rings is 2. The van der Waals surface area contributed by atoms with Crippen molar-refractivity contribution >= 4 is 17.5 Å². The second-order valence-electron chi connectivity index (χ2n) is 5.38. The largest absolute Gasteiger partial charge is 0.496 e. The summed E-state index contributed by atoms with van der Waals surface area (Å²) in [6.45, 7) is 0. The van der Waals surface area contributed by atoms with Crippen molar-refractivity contribution in [3.05, 3.63) is 66.5 Å². The van der Waals surface area contributed by atoms with Crippen LogP contribution in [0.3, 0.4) is 0 Å². The van der Waals surface area contributed by atoms with Crippen molar-refractivity contribution < 1.29 is 14.6 Å². The van der Waals surface area contributed by atoms with Gasteiger partial charge >= 0.3 is 5.97 Å². The highest BCUT2D eigenvalue weighted by molar-refractivity contribution is 5.72. The summed E-state index contributed by atoms with van der Waals surface area (Å²) in [5, 5.41) is 12.1. The van der Waals surface area contributed by atoms with E-state index in [0.29, 0.717) is 5.82 Å². The average Bonchev–Trinajstić information content (AvgIpc) is 2.61. The van der Waals surface area contributed by atoms with Crippen molar-refractivity contribution in [3.63, 3.8) is 0 Å². The molecule has 0 aliphatic rings. The number of carbonyl (C=O) groups is 1. The topological polar surface area (TPSA) is 84.3 Å². The Balaban J connectivity index is 1.86. The zero-order valence-electron chi connectivity index (χ0n) is 13.6. The van der Waals surface area contributed by atoms with Crippen molar-refractivity contribution in [2.45, 2.75) is 6.42 Å². The molecule has 126 valence electrons. The number of anilines is 2. The van der Waals surface area contributed by atoms with Crippen molar-refractivity contribution in [2.24, 2.45) is 0 Å². The molecule has 1 aromatic heterocycles. The van der Waals surface area contributed by atoms with Gasteiger partial charge in [-0.3, -0.25) is 4.79 Å². The molecule has 0 aliphatic carbocycles. The maximum Gasteiger partial charge on any atom is 0.307 e. The molecule has 25 heavy (non-hydrogen) atoms. The van der Waals surface area contributed by atoms with Gasteiger partial charge in [-0.2, -0.15) is 0 Å². The molecule has 0 saturated carbocycles. The highest BCUT2D eigenvalue weighted by atomic mass is 16.5. The SMILES string of the molecule is COc1ccccc1-c1cc(Nc2cccc(CC(=O)O)c2)ncn1. The summed E-state index contributed by atoms with van der Waals surface area (Å²) < 4.78 is 5.37. The zero-order chi connectivity index (χ0) is 17.6. The molecule has 0 atom stereocenters. The lowest BCUT2D eigenvalue weighted by Gasteiger charge is -2.10. The molecule has 6 nitrogen and oxygen atoms in total. The first-order valence-corrected chi connectivity index (χ1v) is 7.69. The number of aromatic nitrogens is 2. The molecule has 0 bridgehead atoms. The molecule has 0 fully saturated rings. The van der Waals surface area contributed by atoms with Crippen LogP contribution in [0.5, 0.6) is 5.75 Å². The minimum atomic E-state index is -0.863. The van der Waals surface area contributed by atoms with Crippen LogP contribution in [0.25, 0.3) is 11.3 Å². The van der Waals surface area contributed by atoms with Gasteiger partial charge < -0.3 is 15.2 Å². The Labute approximate surface area is 145 Å². The van der Waals surface area contributed by atoms with Crippen LogP contribution in [-0.2, 0) is 11.2 Å². The maximum atomic E-state index is 10.8. The van der Waals surface area contributed by atoms with Gasteiger partial charge in [0, 0.05) is 17.3 Å². The molecule has 3 aromatic rings. The average molecular weight is 335 g/mol. The molecule has 2 N–H and O–H groups in total. The summed E-state index contributed by atoms with van der Waals surface area (Å²) in [7, 11) is 1.62. The van der Waals surface area contributed by atoms with E-state index < -0.39 is 5.97 Å². The third-order valence-corrected chi connectivity index (χ3v) is 3.60. The molecular formula is C19H17N3O3. The van der Waals surface area contributed by atoms with Crippen LogP contribution in [0.1, 0.15) is 5.56 Å². The van der Waals surface area contributed by atoms with Gasteiger partial charge in [0.25, 0.3) is 0 Å². The monoisotopic (exact) mass is 335 g/mol. The van der Waals surface area contributed by atoms with E-state index >= 15 is 0 Å². The minimum Gasteiger partial charge on any atom is -0.496 e. The number of hydrogen-bond donors (Lipinski definition) is 2. The highest BCUT2D eigenvalue weighted by Crippen LogP contribution is 2.29. The summed E-state index contributed by atoms with van der Waals surface area (Å²) in [5.74, 6) is 0.483. The van der Waals surface area contributed by atoms with Gasteiger partial charge in [-0.25, -0.2) is 9.97 Å². The maximum absolute atomic E-state index is 10.8. The molecular weight excluding hydrogens is 318 g/mol. The molecule has 0 radical (unpaired) electrons. The number of hydrogen-bond acceptors (Lipinski definition) is 5. The van der Waals surface area contributed by atoms with E-state index in [4.69, 9.17) is 9.84 Å². The molecule has 6 heteroatoms. The van der Waals surface area contributed by atoms with Crippen molar-refractivity contribution in [1.82, 2.24) is 9.97 Å². The highest BCUT2D eigenvalue weighted by Gasteiger charge is 2.08. The number of carboxylic acids is 1. The Bertz CT molecular complexity index is 896. The number of rotatable bonds is 6. The van der Waals surface area contributed by atoms with Crippen molar-refractivity contribution in [1.29, 1.82) is 0 Å². The number of nitrogens with zero attached hydrogens (tertiary/aromatic N) is 2. The summed E-state index contributed by atoms with van der Waals surface area (Å²) in [6, 6.07) is 16.7. The Morgan fingerprint density at radius 3 is 2.76 bits per heavy atom. The summed E-state index contributed by atoms with van der Waals surface area (Å²) in [5.41, 5.74) is 3.09. The summed E-state index contributed by atoms with van der Waals surface area (Å²) in [6.07, 6.45) is 1.46. The predicted octanol–water partition coefficient (Wildman–Crippen LogP) is 3.52. The Morgan fingerprint density at radius 2 is 1.96 bits per heavy atom. The number of methoxy groups -OCH3 is 1. The van der Waals surface area contributed by atoms with Gasteiger partial charge in [0.1, 0.15) is 17.9 Å². The fraction of sp³-hybridized carbons (Fsp3) is 0.105. The van der Waals surface area contributed by atoms with Crippen LogP contribution >= 0.6 is 0 Å². The molecule has 3 rings (SSSR count). The fourth-order valence-electron chi connectivity index (χ4n) is 2.51. The van der Waals surface area contributed by atoms with E-state index in [0.717, 1.165) is 28.3 Å². The van der Waals surface area contributed by atoms with Crippen LogP contribution in [-0.4, -0.2) is 28.2 Å². The molecule has 0 amide bonds. The first kappa shape index (κ1) is 16.4. The van der Waals surface area contributed by atoms with Gasteiger partial charge in [0.2, 0.25) is 0 Å². The number of para-hydroxylation sites is 1. The van der Waals surface area contributed by atoms with Gasteiger partial charge in [0.05, 0.1) is 19.2 Å². The van der Waals surface area contributed by atoms with Gasteiger partial charge in [0.15, 0.2) is 0 Å². The van der Waals surface area contributed by atoms with Crippen molar-refractivity contribution in [3.8, 4) is 17.0 Å². The Kier molecular flexibility index (Phi) is 4.89. The fourth-order valence-corrected chi connectivity index (χ4v) is 2.51. The molecule has 0 spiro atoms. The van der Waals surface area contributed by atoms with Crippen LogP contribution in [0.15, 0.2) is 60.9 Å². The van der Waals surface area contributed by atoms with E-state index in [1.54, 1.807) is 19.2 Å². The number of aliphatic carboxylic acids is 1. The van der Waals surface area contributed by atoms with Crippen LogP contribution in [0.4, 0.5) is 11.5 Å². The van der Waals surface area contributed by atoms with E-state index in [1.165, 1.54) is 6.33 Å². The van der Waals surface area contributed by atoms with Gasteiger partial charge in [-0.15, -0.1) is 0 Å². The van der Waals surface area contributed by atoms with Gasteiger partial charge in [-0.1, -0.05) is 24.3 Å². The lowest BCUT2D eigenvalue weighted by atomic mass is 10.1. The van der Waals surface area contributed by atoms with Crippen LogP contribution in [0, 0.1) is 0 Å². The van der Waals surface area contributed by atoms with Crippen LogP contribution < -0.4 is 10.1 Å². The Hall–Kier alpha value is -3.41. The van der Waals surface area contributed by atoms with Crippen LogP contribution in [0.2, 0.25) is 0 Å². The molecule has 0 aliphatic heterocycles. The van der Waals surface area contributed by atoms with E-state index in [-0.39, 0.29) is 6.42 Å². The van der Waals surface area contributed by atoms with E-state index in [1.807, 2.05) is 42.5 Å².